The van der Waals surface area contributed by atoms with Crippen molar-refractivity contribution in [1.29, 1.82) is 0 Å². The van der Waals surface area contributed by atoms with Crippen LogP contribution in [0.15, 0.2) is 46.2 Å². The van der Waals surface area contributed by atoms with Crippen LogP contribution in [0.1, 0.15) is 30.4 Å². The molecule has 3 aromatic rings. The standard InChI is InChI=1S/C20H23N5O3/c1-23-12-14(21-11-18(23)27)13-24-8-4-7-17(24)19-22-16-6-3-2-5-15(16)20(28)25(19)9-10-26/h2-3,5-6,11-12,17,26H,4,7-10,13H2,1H3. The topological polar surface area (TPSA) is 93.2 Å². The number of benzene rings is 1. The number of nitrogens with zero attached hydrogens (tertiary/aromatic N) is 5. The predicted molar refractivity (Wildman–Crippen MR) is 105 cm³/mol. The normalized spacial score (nSPS) is 17.4. The second-order valence-corrected chi connectivity index (χ2v) is 7.12. The first-order valence-corrected chi connectivity index (χ1v) is 9.44. The third kappa shape index (κ3) is 3.36. The van der Waals surface area contributed by atoms with E-state index in [2.05, 4.69) is 9.88 Å². The first kappa shape index (κ1) is 18.5. The highest BCUT2D eigenvalue weighted by Crippen LogP contribution is 2.32. The lowest BCUT2D eigenvalue weighted by Crippen LogP contribution is -2.33. The van der Waals surface area contributed by atoms with Crippen molar-refractivity contribution in [2.75, 3.05) is 13.2 Å². The van der Waals surface area contributed by atoms with Crippen molar-refractivity contribution in [2.24, 2.45) is 7.05 Å². The summed E-state index contributed by atoms with van der Waals surface area (Å²) >= 11 is 0. The Hall–Kier alpha value is -2.84. The van der Waals surface area contributed by atoms with Gasteiger partial charge >= 0.3 is 0 Å². The Morgan fingerprint density at radius 2 is 2.07 bits per heavy atom. The zero-order valence-corrected chi connectivity index (χ0v) is 15.8. The van der Waals surface area contributed by atoms with E-state index in [0.717, 1.165) is 25.1 Å². The summed E-state index contributed by atoms with van der Waals surface area (Å²) in [5, 5.41) is 10.1. The van der Waals surface area contributed by atoms with Gasteiger partial charge in [-0.3, -0.25) is 24.0 Å². The van der Waals surface area contributed by atoms with E-state index in [9.17, 15) is 14.7 Å². The zero-order valence-electron chi connectivity index (χ0n) is 15.8. The highest BCUT2D eigenvalue weighted by molar-refractivity contribution is 5.77. The highest BCUT2D eigenvalue weighted by atomic mass is 16.3. The van der Waals surface area contributed by atoms with Crippen molar-refractivity contribution in [3.63, 3.8) is 0 Å². The lowest BCUT2D eigenvalue weighted by atomic mass is 10.1. The number of aliphatic hydroxyl groups is 1. The lowest BCUT2D eigenvalue weighted by molar-refractivity contribution is 0.221. The maximum atomic E-state index is 13.0. The molecule has 0 amide bonds. The first-order valence-electron chi connectivity index (χ1n) is 9.44. The number of hydrogen-bond donors (Lipinski definition) is 1. The van der Waals surface area contributed by atoms with Crippen molar-refractivity contribution in [3.05, 3.63) is 68.9 Å². The molecule has 1 aliphatic rings. The van der Waals surface area contributed by atoms with E-state index >= 15 is 0 Å². The molecule has 1 atom stereocenters. The summed E-state index contributed by atoms with van der Waals surface area (Å²) in [6, 6.07) is 7.26. The van der Waals surface area contributed by atoms with Gasteiger partial charge in [-0.2, -0.15) is 0 Å². The van der Waals surface area contributed by atoms with Crippen LogP contribution >= 0.6 is 0 Å². The molecule has 1 saturated heterocycles. The Bertz CT molecular complexity index is 1120. The van der Waals surface area contributed by atoms with Crippen molar-refractivity contribution >= 4 is 10.9 Å². The zero-order chi connectivity index (χ0) is 19.7. The molecule has 28 heavy (non-hydrogen) atoms. The van der Waals surface area contributed by atoms with Crippen LogP contribution < -0.4 is 11.1 Å². The number of aryl methyl sites for hydroxylation is 1. The molecule has 0 saturated carbocycles. The summed E-state index contributed by atoms with van der Waals surface area (Å²) in [5.41, 5.74) is 1.20. The van der Waals surface area contributed by atoms with E-state index < -0.39 is 0 Å². The molecular formula is C20H23N5O3. The van der Waals surface area contributed by atoms with Crippen LogP contribution in [0.4, 0.5) is 0 Å². The van der Waals surface area contributed by atoms with Gasteiger partial charge in [-0.05, 0) is 31.5 Å². The summed E-state index contributed by atoms with van der Waals surface area (Å²) in [6.07, 6.45) is 4.93. The minimum atomic E-state index is -0.144. The SMILES string of the molecule is Cn1cc(CN2CCCC2c2nc3ccccc3c(=O)n2CCO)ncc1=O. The van der Waals surface area contributed by atoms with Gasteiger partial charge in [-0.15, -0.1) is 0 Å². The van der Waals surface area contributed by atoms with Crippen LogP contribution in [0.3, 0.4) is 0 Å². The molecule has 1 fully saturated rings. The molecule has 1 unspecified atom stereocenters. The summed E-state index contributed by atoms with van der Waals surface area (Å²) in [6.45, 7) is 1.52. The average molecular weight is 381 g/mol. The molecule has 3 heterocycles. The van der Waals surface area contributed by atoms with Gasteiger partial charge in [0.05, 0.1) is 42.0 Å². The quantitative estimate of drug-likeness (QED) is 0.703. The van der Waals surface area contributed by atoms with E-state index in [4.69, 9.17) is 4.98 Å². The van der Waals surface area contributed by atoms with Crippen molar-refractivity contribution in [1.82, 2.24) is 24.0 Å². The molecule has 8 heteroatoms. The van der Waals surface area contributed by atoms with Crippen LogP contribution in [0.25, 0.3) is 10.9 Å². The number of para-hydroxylation sites is 1. The van der Waals surface area contributed by atoms with Crippen molar-refractivity contribution < 1.29 is 5.11 Å². The molecule has 146 valence electrons. The van der Waals surface area contributed by atoms with Crippen LogP contribution in [0.5, 0.6) is 0 Å². The number of rotatable bonds is 5. The molecule has 1 N–H and O–H groups in total. The molecule has 0 bridgehead atoms. The van der Waals surface area contributed by atoms with E-state index in [1.165, 1.54) is 10.8 Å². The molecule has 8 nitrogen and oxygen atoms in total. The minimum Gasteiger partial charge on any atom is -0.395 e. The molecule has 0 radical (unpaired) electrons. The number of fused-ring (bicyclic) bond motifs is 1. The Labute approximate surface area is 161 Å². The summed E-state index contributed by atoms with van der Waals surface area (Å²) in [4.78, 5) is 35.9. The largest absolute Gasteiger partial charge is 0.395 e. The molecular weight excluding hydrogens is 358 g/mol. The summed E-state index contributed by atoms with van der Waals surface area (Å²) < 4.78 is 3.11. The number of hydrogen-bond acceptors (Lipinski definition) is 6. The van der Waals surface area contributed by atoms with Crippen LogP contribution in [-0.2, 0) is 20.1 Å². The number of likely N-dealkylation sites (tertiary alicyclic amines) is 1. The molecule has 2 aromatic heterocycles. The van der Waals surface area contributed by atoms with Gasteiger partial charge in [-0.1, -0.05) is 12.1 Å². The second kappa shape index (κ2) is 7.65. The smallest absolute Gasteiger partial charge is 0.268 e. The van der Waals surface area contributed by atoms with Crippen LogP contribution in [-0.4, -0.2) is 42.3 Å². The van der Waals surface area contributed by atoms with E-state index in [-0.39, 0.29) is 30.3 Å². The van der Waals surface area contributed by atoms with Gasteiger partial charge in [0.2, 0.25) is 0 Å². The van der Waals surface area contributed by atoms with Crippen molar-refractivity contribution in [3.8, 4) is 0 Å². The van der Waals surface area contributed by atoms with Gasteiger partial charge in [-0.25, -0.2) is 4.98 Å². The van der Waals surface area contributed by atoms with Crippen LogP contribution in [0, 0.1) is 0 Å². The van der Waals surface area contributed by atoms with Crippen LogP contribution in [0.2, 0.25) is 0 Å². The highest BCUT2D eigenvalue weighted by Gasteiger charge is 2.30. The maximum absolute atomic E-state index is 13.0. The van der Waals surface area contributed by atoms with Gasteiger partial charge in [0, 0.05) is 19.8 Å². The molecule has 1 aliphatic heterocycles. The second-order valence-electron chi connectivity index (χ2n) is 7.12. The lowest BCUT2D eigenvalue weighted by Gasteiger charge is -2.26. The number of aromatic nitrogens is 4. The number of aliphatic hydroxyl groups excluding tert-OH is 1. The van der Waals surface area contributed by atoms with E-state index in [0.29, 0.717) is 23.3 Å². The fraction of sp³-hybridized carbons (Fsp3) is 0.400. The Kier molecular flexibility index (Phi) is 5.06. The maximum Gasteiger partial charge on any atom is 0.268 e. The van der Waals surface area contributed by atoms with Gasteiger partial charge in [0.1, 0.15) is 5.82 Å². The minimum absolute atomic E-state index is 0.0390. The Morgan fingerprint density at radius 3 is 2.86 bits per heavy atom. The van der Waals surface area contributed by atoms with Gasteiger partial charge in [0.25, 0.3) is 11.1 Å². The average Bonchev–Trinajstić information content (AvgIpc) is 3.15. The molecule has 1 aromatic carbocycles. The fourth-order valence-electron chi connectivity index (χ4n) is 3.90. The van der Waals surface area contributed by atoms with Gasteiger partial charge < -0.3 is 9.67 Å². The summed E-state index contributed by atoms with van der Waals surface area (Å²) in [5.74, 6) is 0.681. The fourth-order valence-corrected chi connectivity index (χ4v) is 3.90. The third-order valence-electron chi connectivity index (χ3n) is 5.27. The summed E-state index contributed by atoms with van der Waals surface area (Å²) in [7, 11) is 1.71. The van der Waals surface area contributed by atoms with Crippen molar-refractivity contribution in [2.45, 2.75) is 32.0 Å². The van der Waals surface area contributed by atoms with E-state index in [1.807, 2.05) is 18.2 Å². The van der Waals surface area contributed by atoms with Gasteiger partial charge in [0.15, 0.2) is 0 Å². The predicted octanol–water partition coefficient (Wildman–Crippen LogP) is 0.820. The first-order chi connectivity index (χ1) is 13.6. The molecule has 0 aliphatic carbocycles. The third-order valence-corrected chi connectivity index (χ3v) is 5.27. The monoisotopic (exact) mass is 381 g/mol. The van der Waals surface area contributed by atoms with E-state index in [1.54, 1.807) is 23.9 Å². The molecule has 4 rings (SSSR count). The molecule has 0 spiro atoms. The Morgan fingerprint density at radius 1 is 1.25 bits per heavy atom. The Balaban J connectivity index is 1.75.